The highest BCUT2D eigenvalue weighted by Crippen LogP contribution is 2.19. The number of pyridine rings is 1. The number of nitrogens with one attached hydrogen (secondary N) is 2. The molecule has 1 fully saturated rings. The average Bonchev–Trinajstić information content (AvgIpc) is 3.06. The molecule has 2 N–H and O–H groups in total. The highest BCUT2D eigenvalue weighted by Gasteiger charge is 2.25. The molecule has 2 amide bonds. The molecule has 7 heteroatoms. The minimum atomic E-state index is -0.582. The zero-order chi connectivity index (χ0) is 17.1. The number of carbonyl (C=O) groups excluding carboxylic acids is 1. The highest BCUT2D eigenvalue weighted by molar-refractivity contribution is 5.89. The molecule has 1 aliphatic rings. The molecule has 0 saturated carbocycles. The quantitative estimate of drug-likeness (QED) is 0.902. The highest BCUT2D eigenvalue weighted by atomic mass is 19.1. The lowest BCUT2D eigenvalue weighted by molar-refractivity contribution is 0.221. The van der Waals surface area contributed by atoms with Gasteiger partial charge in [-0.1, -0.05) is 6.07 Å². The zero-order valence-electron chi connectivity index (χ0n) is 13.3. The van der Waals surface area contributed by atoms with E-state index in [1.165, 1.54) is 22.8 Å². The first kappa shape index (κ1) is 16.2. The molecule has 3 rings (SSSR count). The number of rotatable bonds is 3. The first-order chi connectivity index (χ1) is 11.6. The molecule has 0 bridgehead atoms. The number of carbonyl (C=O) groups is 1. The van der Waals surface area contributed by atoms with Gasteiger partial charge in [0, 0.05) is 37.5 Å². The largest absolute Gasteiger partial charge is 0.323 e. The second kappa shape index (κ2) is 6.84. The molecule has 1 atom stereocenters. The van der Waals surface area contributed by atoms with Crippen LogP contribution in [0.3, 0.4) is 0 Å². The standard InChI is InChI=1S/C17H19FN4O2/c1-19-12-7-9-21(11-12)17(24)20-15-6-5-13(10-14(15)18)22-8-3-2-4-16(22)23/h2-6,8,10,12,19H,7,9,11H2,1H3,(H,20,24). The van der Waals surface area contributed by atoms with Crippen molar-refractivity contribution in [1.29, 1.82) is 0 Å². The second-order valence-electron chi connectivity index (χ2n) is 5.72. The normalized spacial score (nSPS) is 17.1. The molecular formula is C17H19FN4O2. The van der Waals surface area contributed by atoms with Gasteiger partial charge >= 0.3 is 6.03 Å². The van der Waals surface area contributed by atoms with Crippen molar-refractivity contribution in [1.82, 2.24) is 14.8 Å². The maximum atomic E-state index is 14.3. The molecule has 6 nitrogen and oxygen atoms in total. The Bertz CT molecular complexity index is 805. The number of halogens is 1. The molecule has 1 saturated heterocycles. The van der Waals surface area contributed by atoms with Crippen LogP contribution in [0, 0.1) is 5.82 Å². The molecule has 2 aromatic rings. The molecule has 1 aromatic carbocycles. The summed E-state index contributed by atoms with van der Waals surface area (Å²) in [6, 6.07) is 8.97. The van der Waals surface area contributed by atoms with Crippen LogP contribution >= 0.6 is 0 Å². The lowest BCUT2D eigenvalue weighted by atomic mass is 10.2. The Labute approximate surface area is 138 Å². The summed E-state index contributed by atoms with van der Waals surface area (Å²) in [5.74, 6) is -0.582. The number of anilines is 1. The number of benzene rings is 1. The molecule has 1 unspecified atom stereocenters. The van der Waals surface area contributed by atoms with Crippen LogP contribution in [-0.2, 0) is 0 Å². The number of hydrogen-bond acceptors (Lipinski definition) is 3. The Hall–Kier alpha value is -2.67. The number of likely N-dealkylation sites (tertiary alicyclic amines) is 1. The number of aromatic nitrogens is 1. The molecule has 126 valence electrons. The summed E-state index contributed by atoms with van der Waals surface area (Å²) in [7, 11) is 1.86. The summed E-state index contributed by atoms with van der Waals surface area (Å²) < 4.78 is 15.6. The predicted molar refractivity (Wildman–Crippen MR) is 90.1 cm³/mol. The van der Waals surface area contributed by atoms with Crippen LogP contribution in [0.5, 0.6) is 0 Å². The molecular weight excluding hydrogens is 311 g/mol. The van der Waals surface area contributed by atoms with Crippen LogP contribution < -0.4 is 16.2 Å². The van der Waals surface area contributed by atoms with Crippen LogP contribution in [-0.4, -0.2) is 41.7 Å². The van der Waals surface area contributed by atoms with Gasteiger partial charge < -0.3 is 15.5 Å². The van der Waals surface area contributed by atoms with Gasteiger partial charge in [-0.25, -0.2) is 9.18 Å². The van der Waals surface area contributed by atoms with E-state index in [-0.39, 0.29) is 23.3 Å². The minimum absolute atomic E-state index is 0.0978. The fourth-order valence-electron chi connectivity index (χ4n) is 2.77. The summed E-state index contributed by atoms with van der Waals surface area (Å²) in [4.78, 5) is 25.6. The third-order valence-electron chi connectivity index (χ3n) is 4.18. The summed E-state index contributed by atoms with van der Waals surface area (Å²) in [5.41, 5.74) is 0.261. The number of urea groups is 1. The fourth-order valence-corrected chi connectivity index (χ4v) is 2.77. The Kier molecular flexibility index (Phi) is 4.61. The van der Waals surface area contributed by atoms with Crippen molar-refractivity contribution in [3.8, 4) is 5.69 Å². The fraction of sp³-hybridized carbons (Fsp3) is 0.294. The first-order valence-electron chi connectivity index (χ1n) is 7.79. The molecule has 24 heavy (non-hydrogen) atoms. The molecule has 1 aliphatic heterocycles. The molecule has 0 radical (unpaired) electrons. The third-order valence-corrected chi connectivity index (χ3v) is 4.18. The van der Waals surface area contributed by atoms with Gasteiger partial charge in [-0.3, -0.25) is 9.36 Å². The van der Waals surface area contributed by atoms with E-state index in [9.17, 15) is 14.0 Å². The number of hydrogen-bond donors (Lipinski definition) is 2. The minimum Gasteiger partial charge on any atom is -0.323 e. The van der Waals surface area contributed by atoms with Gasteiger partial charge in [0.2, 0.25) is 0 Å². The first-order valence-corrected chi connectivity index (χ1v) is 7.79. The van der Waals surface area contributed by atoms with Crippen molar-refractivity contribution >= 4 is 11.7 Å². The summed E-state index contributed by atoms with van der Waals surface area (Å²) in [6.07, 6.45) is 2.44. The monoisotopic (exact) mass is 330 g/mol. The summed E-state index contributed by atoms with van der Waals surface area (Å²) >= 11 is 0. The molecule has 0 aliphatic carbocycles. The topological polar surface area (TPSA) is 66.4 Å². The zero-order valence-corrected chi connectivity index (χ0v) is 13.3. The van der Waals surface area contributed by atoms with Crippen molar-refractivity contribution in [3.63, 3.8) is 0 Å². The number of amides is 2. The van der Waals surface area contributed by atoms with Gasteiger partial charge in [-0.15, -0.1) is 0 Å². The Morgan fingerprint density at radius 2 is 2.12 bits per heavy atom. The van der Waals surface area contributed by atoms with Crippen molar-refractivity contribution < 1.29 is 9.18 Å². The van der Waals surface area contributed by atoms with Gasteiger partial charge in [0.1, 0.15) is 5.82 Å². The van der Waals surface area contributed by atoms with Crippen LogP contribution in [0.25, 0.3) is 5.69 Å². The van der Waals surface area contributed by atoms with Crippen molar-refractivity contribution in [2.75, 3.05) is 25.5 Å². The summed E-state index contributed by atoms with van der Waals surface area (Å²) in [5, 5.41) is 5.71. The van der Waals surface area contributed by atoms with Crippen molar-refractivity contribution in [2.45, 2.75) is 12.5 Å². The maximum Gasteiger partial charge on any atom is 0.321 e. The van der Waals surface area contributed by atoms with Gasteiger partial charge in [0.25, 0.3) is 5.56 Å². The second-order valence-corrected chi connectivity index (χ2v) is 5.72. The van der Waals surface area contributed by atoms with E-state index in [0.717, 1.165) is 6.42 Å². The van der Waals surface area contributed by atoms with E-state index >= 15 is 0 Å². The van der Waals surface area contributed by atoms with Crippen LogP contribution in [0.4, 0.5) is 14.9 Å². The van der Waals surface area contributed by atoms with Gasteiger partial charge in [-0.2, -0.15) is 0 Å². The molecule has 0 spiro atoms. The van der Waals surface area contributed by atoms with E-state index < -0.39 is 5.82 Å². The lowest BCUT2D eigenvalue weighted by Crippen LogP contribution is -2.36. The van der Waals surface area contributed by atoms with E-state index in [1.54, 1.807) is 29.3 Å². The maximum absolute atomic E-state index is 14.3. The van der Waals surface area contributed by atoms with E-state index in [4.69, 9.17) is 0 Å². The Balaban J connectivity index is 1.75. The Morgan fingerprint density at radius 1 is 1.29 bits per heavy atom. The van der Waals surface area contributed by atoms with Gasteiger partial charge in [0.05, 0.1) is 11.4 Å². The van der Waals surface area contributed by atoms with Gasteiger partial charge in [0.15, 0.2) is 0 Å². The van der Waals surface area contributed by atoms with Crippen LogP contribution in [0.2, 0.25) is 0 Å². The molecule has 1 aromatic heterocycles. The number of likely N-dealkylation sites (N-methyl/N-ethyl adjacent to an activating group) is 1. The molecule has 2 heterocycles. The van der Waals surface area contributed by atoms with E-state index in [0.29, 0.717) is 18.8 Å². The van der Waals surface area contributed by atoms with Crippen LogP contribution in [0.15, 0.2) is 47.4 Å². The lowest BCUT2D eigenvalue weighted by Gasteiger charge is -2.18. The average molecular weight is 330 g/mol. The third kappa shape index (κ3) is 3.30. The van der Waals surface area contributed by atoms with E-state index in [2.05, 4.69) is 10.6 Å². The van der Waals surface area contributed by atoms with Crippen molar-refractivity contribution in [3.05, 3.63) is 58.8 Å². The predicted octanol–water partition coefficient (Wildman–Crippen LogP) is 1.80. The number of nitrogens with zero attached hydrogens (tertiary/aromatic N) is 2. The smallest absolute Gasteiger partial charge is 0.321 e. The summed E-state index contributed by atoms with van der Waals surface area (Å²) in [6.45, 7) is 1.23. The van der Waals surface area contributed by atoms with Crippen molar-refractivity contribution in [2.24, 2.45) is 0 Å². The van der Waals surface area contributed by atoms with Crippen LogP contribution in [0.1, 0.15) is 6.42 Å². The Morgan fingerprint density at radius 3 is 2.79 bits per heavy atom. The van der Waals surface area contributed by atoms with Gasteiger partial charge in [-0.05, 0) is 31.7 Å². The van der Waals surface area contributed by atoms with E-state index in [1.807, 2.05) is 7.05 Å². The SMILES string of the molecule is CNC1CCN(C(=O)Nc2ccc(-n3ccccc3=O)cc2F)C1.